The standard InChI is InChI=1S/C21H14F5NO3/c1-11-15(12-4-2-5-13(8-12)30-21(24,25)26)9-17(22)16(19(11)23)10-18-14(20(28)29)6-3-7-27-18/h2-9H,10H2,1H3,(H,28,29). The zero-order valence-corrected chi connectivity index (χ0v) is 15.4. The van der Waals surface area contributed by atoms with Gasteiger partial charge in [-0.15, -0.1) is 13.2 Å². The fourth-order valence-electron chi connectivity index (χ4n) is 3.04. The Hall–Kier alpha value is -3.49. The number of aromatic carboxylic acids is 1. The number of halogens is 5. The largest absolute Gasteiger partial charge is 0.573 e. The molecule has 0 fully saturated rings. The Kier molecular flexibility index (Phi) is 5.73. The van der Waals surface area contributed by atoms with Crippen LogP contribution in [0.25, 0.3) is 11.1 Å². The highest BCUT2D eigenvalue weighted by atomic mass is 19.4. The number of carboxylic acid groups (broad SMARTS) is 1. The van der Waals surface area contributed by atoms with E-state index in [1.807, 2.05) is 0 Å². The van der Waals surface area contributed by atoms with Crippen LogP contribution in [-0.2, 0) is 6.42 Å². The summed E-state index contributed by atoms with van der Waals surface area (Å²) in [7, 11) is 0. The minimum atomic E-state index is -4.90. The summed E-state index contributed by atoms with van der Waals surface area (Å²) in [5.74, 6) is -3.72. The molecule has 1 heterocycles. The third-order valence-electron chi connectivity index (χ3n) is 4.40. The number of pyridine rings is 1. The van der Waals surface area contributed by atoms with E-state index in [0.29, 0.717) is 0 Å². The van der Waals surface area contributed by atoms with E-state index in [1.165, 1.54) is 37.4 Å². The molecule has 0 saturated heterocycles. The van der Waals surface area contributed by atoms with Gasteiger partial charge in [-0.2, -0.15) is 0 Å². The second kappa shape index (κ2) is 8.10. The van der Waals surface area contributed by atoms with Gasteiger partial charge < -0.3 is 9.84 Å². The van der Waals surface area contributed by atoms with Crippen molar-refractivity contribution in [2.45, 2.75) is 19.7 Å². The monoisotopic (exact) mass is 423 g/mol. The first-order valence-electron chi connectivity index (χ1n) is 8.57. The second-order valence-electron chi connectivity index (χ2n) is 6.38. The van der Waals surface area contributed by atoms with Crippen molar-refractivity contribution in [3.63, 3.8) is 0 Å². The van der Waals surface area contributed by atoms with Gasteiger partial charge in [0.15, 0.2) is 0 Å². The number of hydrogen-bond acceptors (Lipinski definition) is 3. The van der Waals surface area contributed by atoms with Gasteiger partial charge in [-0.1, -0.05) is 12.1 Å². The van der Waals surface area contributed by atoms with Crippen LogP contribution in [0.1, 0.15) is 27.2 Å². The smallest absolute Gasteiger partial charge is 0.478 e. The summed E-state index contributed by atoms with van der Waals surface area (Å²) in [6.07, 6.45) is -4.00. The van der Waals surface area contributed by atoms with Crippen LogP contribution in [0.5, 0.6) is 5.75 Å². The third-order valence-corrected chi connectivity index (χ3v) is 4.40. The topological polar surface area (TPSA) is 59.4 Å². The van der Waals surface area contributed by atoms with Crippen LogP contribution in [-0.4, -0.2) is 22.4 Å². The van der Waals surface area contributed by atoms with E-state index in [2.05, 4.69) is 9.72 Å². The summed E-state index contributed by atoms with van der Waals surface area (Å²) in [5, 5.41) is 9.22. The predicted molar refractivity (Wildman–Crippen MR) is 97.2 cm³/mol. The van der Waals surface area contributed by atoms with E-state index < -0.39 is 36.1 Å². The molecule has 4 nitrogen and oxygen atoms in total. The Morgan fingerprint density at radius 3 is 2.53 bits per heavy atom. The fraction of sp³-hybridized carbons (Fsp3) is 0.143. The highest BCUT2D eigenvalue weighted by Gasteiger charge is 2.31. The van der Waals surface area contributed by atoms with E-state index >= 15 is 0 Å². The molecule has 0 atom stereocenters. The van der Waals surface area contributed by atoms with Gasteiger partial charge in [-0.3, -0.25) is 4.98 Å². The van der Waals surface area contributed by atoms with Crippen molar-refractivity contribution >= 4 is 5.97 Å². The number of carbonyl (C=O) groups is 1. The molecule has 30 heavy (non-hydrogen) atoms. The normalized spacial score (nSPS) is 11.4. The van der Waals surface area contributed by atoms with Crippen LogP contribution in [0, 0.1) is 18.6 Å². The molecule has 0 aliphatic carbocycles. The van der Waals surface area contributed by atoms with Crippen LogP contribution >= 0.6 is 0 Å². The molecule has 0 aliphatic heterocycles. The maximum atomic E-state index is 15.0. The summed E-state index contributed by atoms with van der Waals surface area (Å²) in [4.78, 5) is 15.2. The lowest BCUT2D eigenvalue weighted by molar-refractivity contribution is -0.274. The van der Waals surface area contributed by atoms with Gasteiger partial charge in [0, 0.05) is 18.2 Å². The van der Waals surface area contributed by atoms with Crippen LogP contribution in [0.3, 0.4) is 0 Å². The average Bonchev–Trinajstić information content (AvgIpc) is 2.67. The minimum absolute atomic E-state index is 0.0108. The van der Waals surface area contributed by atoms with E-state index in [9.17, 15) is 31.9 Å². The molecule has 0 radical (unpaired) electrons. The molecule has 1 N–H and O–H groups in total. The van der Waals surface area contributed by atoms with E-state index in [0.717, 1.165) is 18.2 Å². The van der Waals surface area contributed by atoms with Gasteiger partial charge in [0.1, 0.15) is 17.4 Å². The quantitative estimate of drug-likeness (QED) is 0.549. The molecule has 9 heteroatoms. The van der Waals surface area contributed by atoms with Crippen molar-refractivity contribution in [3.05, 3.63) is 82.7 Å². The summed E-state index contributed by atoms with van der Waals surface area (Å²) in [6, 6.07) is 8.41. The maximum absolute atomic E-state index is 15.0. The molecule has 156 valence electrons. The zero-order chi connectivity index (χ0) is 22.1. The molecule has 3 aromatic rings. The number of hydrogen-bond donors (Lipinski definition) is 1. The number of ether oxygens (including phenoxy) is 1. The van der Waals surface area contributed by atoms with Crippen molar-refractivity contribution in [3.8, 4) is 16.9 Å². The third kappa shape index (κ3) is 4.56. The van der Waals surface area contributed by atoms with Crippen molar-refractivity contribution < 1.29 is 36.6 Å². The average molecular weight is 423 g/mol. The van der Waals surface area contributed by atoms with Gasteiger partial charge >= 0.3 is 12.3 Å². The zero-order valence-electron chi connectivity index (χ0n) is 15.4. The molecule has 0 saturated carbocycles. The highest BCUT2D eigenvalue weighted by Crippen LogP contribution is 2.33. The number of aromatic nitrogens is 1. The highest BCUT2D eigenvalue weighted by molar-refractivity contribution is 5.88. The van der Waals surface area contributed by atoms with E-state index in [4.69, 9.17) is 0 Å². The fourth-order valence-corrected chi connectivity index (χ4v) is 3.04. The molecule has 1 aromatic heterocycles. The van der Waals surface area contributed by atoms with Crippen LogP contribution in [0.15, 0.2) is 48.7 Å². The Morgan fingerprint density at radius 2 is 1.87 bits per heavy atom. The number of rotatable bonds is 5. The first kappa shape index (κ1) is 21.2. The Labute approximate surface area is 167 Å². The Bertz CT molecular complexity index is 1110. The lowest BCUT2D eigenvalue weighted by Gasteiger charge is -2.15. The lowest BCUT2D eigenvalue weighted by Crippen LogP contribution is -2.17. The molecular formula is C21H14F5NO3. The van der Waals surface area contributed by atoms with Gasteiger partial charge in [-0.25, -0.2) is 13.6 Å². The number of carboxylic acids is 1. The van der Waals surface area contributed by atoms with Gasteiger partial charge in [0.25, 0.3) is 0 Å². The van der Waals surface area contributed by atoms with Crippen molar-refractivity contribution in [2.24, 2.45) is 0 Å². The lowest BCUT2D eigenvalue weighted by atomic mass is 9.94. The van der Waals surface area contributed by atoms with E-state index in [1.54, 1.807) is 0 Å². The minimum Gasteiger partial charge on any atom is -0.478 e. The van der Waals surface area contributed by atoms with Crippen LogP contribution in [0.2, 0.25) is 0 Å². The van der Waals surface area contributed by atoms with Gasteiger partial charge in [-0.05, 0) is 53.9 Å². The summed E-state index contributed by atoms with van der Waals surface area (Å²) in [5.41, 5.74) is -0.433. The Morgan fingerprint density at radius 1 is 1.13 bits per heavy atom. The Balaban J connectivity index is 2.03. The van der Waals surface area contributed by atoms with Crippen LogP contribution < -0.4 is 4.74 Å². The number of benzene rings is 2. The number of alkyl halides is 3. The summed E-state index contributed by atoms with van der Waals surface area (Å²) >= 11 is 0. The second-order valence-corrected chi connectivity index (χ2v) is 6.38. The van der Waals surface area contributed by atoms with E-state index in [-0.39, 0.29) is 33.5 Å². The predicted octanol–water partition coefficient (Wildman–Crippen LogP) is 5.52. The molecule has 0 amide bonds. The molecule has 3 rings (SSSR count). The summed E-state index contributed by atoms with van der Waals surface area (Å²) < 4.78 is 70.9. The molecule has 0 aliphatic rings. The summed E-state index contributed by atoms with van der Waals surface area (Å²) in [6.45, 7) is 1.35. The first-order valence-corrected chi connectivity index (χ1v) is 8.57. The molecule has 0 unspecified atom stereocenters. The van der Waals surface area contributed by atoms with Crippen molar-refractivity contribution in [2.75, 3.05) is 0 Å². The van der Waals surface area contributed by atoms with Gasteiger partial charge in [0.2, 0.25) is 0 Å². The molecule has 2 aromatic carbocycles. The first-order chi connectivity index (χ1) is 14.1. The van der Waals surface area contributed by atoms with Gasteiger partial charge in [0.05, 0.1) is 11.3 Å². The molecule has 0 spiro atoms. The molecular weight excluding hydrogens is 409 g/mol. The van der Waals surface area contributed by atoms with Crippen LogP contribution in [0.4, 0.5) is 22.0 Å². The SMILES string of the molecule is Cc1c(-c2cccc(OC(F)(F)F)c2)cc(F)c(Cc2ncccc2C(=O)O)c1F. The maximum Gasteiger partial charge on any atom is 0.573 e. The van der Waals surface area contributed by atoms with Crippen molar-refractivity contribution in [1.82, 2.24) is 4.98 Å². The molecule has 0 bridgehead atoms. The van der Waals surface area contributed by atoms with Crippen molar-refractivity contribution in [1.29, 1.82) is 0 Å². The number of nitrogens with zero attached hydrogens (tertiary/aromatic N) is 1.